The van der Waals surface area contributed by atoms with Crippen LogP contribution in [0.2, 0.25) is 0 Å². The van der Waals surface area contributed by atoms with Crippen molar-refractivity contribution in [3.63, 3.8) is 0 Å². The zero-order valence-corrected chi connectivity index (χ0v) is 14.4. The van der Waals surface area contributed by atoms with Gasteiger partial charge >= 0.3 is 6.03 Å². The Morgan fingerprint density at radius 3 is 2.64 bits per heavy atom. The summed E-state index contributed by atoms with van der Waals surface area (Å²) in [6.45, 7) is 2.35. The van der Waals surface area contributed by atoms with Gasteiger partial charge in [-0.3, -0.25) is 4.79 Å². The van der Waals surface area contributed by atoms with Crippen LogP contribution < -0.4 is 21.1 Å². The molecule has 0 fully saturated rings. The van der Waals surface area contributed by atoms with Gasteiger partial charge in [0, 0.05) is 17.7 Å². The van der Waals surface area contributed by atoms with Crippen LogP contribution in [0.15, 0.2) is 48.5 Å². The number of methoxy groups -OCH3 is 1. The summed E-state index contributed by atoms with van der Waals surface area (Å²) in [4.78, 5) is 23.2. The van der Waals surface area contributed by atoms with Crippen LogP contribution in [-0.4, -0.2) is 25.6 Å². The molecule has 0 heterocycles. The molecule has 3 amide bonds. The van der Waals surface area contributed by atoms with Crippen LogP contribution >= 0.6 is 0 Å². The molecule has 25 heavy (non-hydrogen) atoms. The molecule has 0 spiro atoms. The monoisotopic (exact) mass is 341 g/mol. The third-order valence-electron chi connectivity index (χ3n) is 3.86. The Labute approximate surface area is 147 Å². The van der Waals surface area contributed by atoms with Crippen LogP contribution in [0, 0.1) is 0 Å². The molecular formula is C19H23N3O3. The second-order valence-electron chi connectivity index (χ2n) is 5.68. The maximum atomic E-state index is 12.1. The van der Waals surface area contributed by atoms with E-state index in [-0.39, 0.29) is 12.1 Å². The van der Waals surface area contributed by atoms with E-state index in [9.17, 15) is 9.59 Å². The van der Waals surface area contributed by atoms with Crippen molar-refractivity contribution in [3.05, 3.63) is 65.2 Å². The largest absolute Gasteiger partial charge is 0.496 e. The second kappa shape index (κ2) is 8.73. The predicted molar refractivity (Wildman–Crippen MR) is 96.6 cm³/mol. The fraction of sp³-hybridized carbons (Fsp3) is 0.263. The molecular weight excluding hydrogens is 318 g/mol. The number of benzene rings is 2. The molecule has 1 unspecified atom stereocenters. The van der Waals surface area contributed by atoms with Crippen LogP contribution in [-0.2, 0) is 6.42 Å². The van der Waals surface area contributed by atoms with Gasteiger partial charge in [0.2, 0.25) is 5.91 Å². The van der Waals surface area contributed by atoms with E-state index in [1.165, 1.54) is 0 Å². The average Bonchev–Trinajstić information content (AvgIpc) is 2.61. The van der Waals surface area contributed by atoms with Gasteiger partial charge in [-0.25, -0.2) is 4.79 Å². The Morgan fingerprint density at radius 1 is 1.16 bits per heavy atom. The lowest BCUT2D eigenvalue weighted by Gasteiger charge is -2.17. The van der Waals surface area contributed by atoms with Crippen molar-refractivity contribution in [2.45, 2.75) is 19.4 Å². The van der Waals surface area contributed by atoms with Crippen molar-refractivity contribution < 1.29 is 14.3 Å². The molecule has 1 atom stereocenters. The highest BCUT2D eigenvalue weighted by molar-refractivity contribution is 5.92. The highest BCUT2D eigenvalue weighted by Gasteiger charge is 2.13. The number of carbonyl (C=O) groups is 2. The van der Waals surface area contributed by atoms with Gasteiger partial charge in [0.15, 0.2) is 0 Å². The third kappa shape index (κ3) is 5.24. The molecule has 0 radical (unpaired) electrons. The van der Waals surface area contributed by atoms with Crippen LogP contribution in [0.4, 0.5) is 4.79 Å². The third-order valence-corrected chi connectivity index (χ3v) is 3.86. The van der Waals surface area contributed by atoms with Crippen molar-refractivity contribution >= 4 is 11.9 Å². The molecule has 2 aromatic rings. The first-order valence-electron chi connectivity index (χ1n) is 8.07. The Morgan fingerprint density at radius 2 is 1.92 bits per heavy atom. The van der Waals surface area contributed by atoms with Crippen molar-refractivity contribution in [2.75, 3.05) is 13.7 Å². The number of amides is 3. The van der Waals surface area contributed by atoms with Crippen molar-refractivity contribution in [3.8, 4) is 5.75 Å². The number of carbonyl (C=O) groups excluding carboxylic acids is 2. The number of nitrogens with two attached hydrogens (primary N) is 1. The fourth-order valence-corrected chi connectivity index (χ4v) is 2.55. The summed E-state index contributed by atoms with van der Waals surface area (Å²) in [5, 5.41) is 5.69. The lowest BCUT2D eigenvalue weighted by molar-refractivity contribution is 0.1000. The van der Waals surface area contributed by atoms with Gasteiger partial charge in [0.25, 0.3) is 0 Å². The molecule has 0 aliphatic rings. The van der Waals surface area contributed by atoms with E-state index in [0.717, 1.165) is 16.9 Å². The zero-order chi connectivity index (χ0) is 18.2. The molecule has 6 heteroatoms. The van der Waals surface area contributed by atoms with Crippen molar-refractivity contribution in [1.82, 2.24) is 10.6 Å². The highest BCUT2D eigenvalue weighted by atomic mass is 16.5. The molecule has 4 N–H and O–H groups in total. The minimum absolute atomic E-state index is 0.186. The van der Waals surface area contributed by atoms with Crippen LogP contribution in [0.5, 0.6) is 5.75 Å². The van der Waals surface area contributed by atoms with Crippen molar-refractivity contribution in [2.24, 2.45) is 5.73 Å². The molecule has 0 saturated heterocycles. The number of ether oxygens (including phenoxy) is 1. The molecule has 132 valence electrons. The first-order chi connectivity index (χ1) is 12.0. The summed E-state index contributed by atoms with van der Waals surface area (Å²) >= 11 is 0. The van der Waals surface area contributed by atoms with E-state index in [1.54, 1.807) is 25.3 Å². The van der Waals surface area contributed by atoms with Gasteiger partial charge in [-0.15, -0.1) is 0 Å². The second-order valence-corrected chi connectivity index (χ2v) is 5.68. The number of urea groups is 1. The van der Waals surface area contributed by atoms with Crippen LogP contribution in [0.1, 0.15) is 34.5 Å². The SMILES string of the molecule is COc1ccccc1C(C)NC(=O)NCCc1cccc(C(N)=O)c1. The Balaban J connectivity index is 1.84. The van der Waals surface area contributed by atoms with E-state index in [4.69, 9.17) is 10.5 Å². The summed E-state index contributed by atoms with van der Waals surface area (Å²) in [6, 6.07) is 14.2. The van der Waals surface area contributed by atoms with Gasteiger partial charge in [-0.2, -0.15) is 0 Å². The summed E-state index contributed by atoms with van der Waals surface area (Å²) < 4.78 is 5.31. The molecule has 2 aromatic carbocycles. The molecule has 0 bridgehead atoms. The Hall–Kier alpha value is -3.02. The number of hydrogen-bond donors (Lipinski definition) is 3. The average molecular weight is 341 g/mol. The highest BCUT2D eigenvalue weighted by Crippen LogP contribution is 2.24. The molecule has 0 saturated carbocycles. The van der Waals surface area contributed by atoms with Gasteiger partial charge in [-0.05, 0) is 37.1 Å². The lowest BCUT2D eigenvalue weighted by Crippen LogP contribution is -2.38. The summed E-state index contributed by atoms with van der Waals surface area (Å²) in [5.41, 5.74) is 7.58. The lowest BCUT2D eigenvalue weighted by atomic mass is 10.1. The first-order valence-corrected chi connectivity index (χ1v) is 8.07. The van der Waals surface area contributed by atoms with Gasteiger partial charge < -0.3 is 21.1 Å². The zero-order valence-electron chi connectivity index (χ0n) is 14.4. The maximum Gasteiger partial charge on any atom is 0.315 e. The Kier molecular flexibility index (Phi) is 6.39. The summed E-state index contributed by atoms with van der Waals surface area (Å²) in [6.07, 6.45) is 0.609. The van der Waals surface area contributed by atoms with E-state index < -0.39 is 5.91 Å². The van der Waals surface area contributed by atoms with Crippen LogP contribution in [0.3, 0.4) is 0 Å². The van der Waals surface area contributed by atoms with E-state index in [0.29, 0.717) is 18.5 Å². The van der Waals surface area contributed by atoms with Gasteiger partial charge in [-0.1, -0.05) is 30.3 Å². The molecule has 0 aliphatic carbocycles. The molecule has 0 aliphatic heterocycles. The van der Waals surface area contributed by atoms with Gasteiger partial charge in [0.05, 0.1) is 13.2 Å². The quantitative estimate of drug-likeness (QED) is 0.722. The van der Waals surface area contributed by atoms with Crippen molar-refractivity contribution in [1.29, 1.82) is 0 Å². The van der Waals surface area contributed by atoms with Crippen LogP contribution in [0.25, 0.3) is 0 Å². The smallest absolute Gasteiger partial charge is 0.315 e. The number of para-hydroxylation sites is 1. The normalized spacial score (nSPS) is 11.4. The molecule has 2 rings (SSSR count). The predicted octanol–water partition coefficient (Wildman–Crippen LogP) is 2.40. The van der Waals surface area contributed by atoms with Gasteiger partial charge in [0.1, 0.15) is 5.75 Å². The Bertz CT molecular complexity index is 746. The summed E-state index contributed by atoms with van der Waals surface area (Å²) in [5.74, 6) is 0.275. The minimum Gasteiger partial charge on any atom is -0.496 e. The number of rotatable bonds is 7. The maximum absolute atomic E-state index is 12.1. The standard InChI is InChI=1S/C19H23N3O3/c1-13(16-8-3-4-9-17(16)25-2)22-19(24)21-11-10-14-6-5-7-15(12-14)18(20)23/h3-9,12-13H,10-11H2,1-2H3,(H2,20,23)(H2,21,22,24). The molecule has 6 nitrogen and oxygen atoms in total. The van der Waals surface area contributed by atoms with E-state index in [1.807, 2.05) is 37.3 Å². The fourth-order valence-electron chi connectivity index (χ4n) is 2.55. The number of nitrogens with one attached hydrogen (secondary N) is 2. The number of hydrogen-bond acceptors (Lipinski definition) is 3. The minimum atomic E-state index is -0.460. The number of primary amides is 1. The topological polar surface area (TPSA) is 93.4 Å². The van der Waals surface area contributed by atoms with E-state index >= 15 is 0 Å². The summed E-state index contributed by atoms with van der Waals surface area (Å²) in [7, 11) is 1.60. The molecule has 0 aromatic heterocycles. The van der Waals surface area contributed by atoms with E-state index in [2.05, 4.69) is 10.6 Å². The first kappa shape index (κ1) is 18.3.